The van der Waals surface area contributed by atoms with Crippen LogP contribution in [-0.4, -0.2) is 27.7 Å². The normalized spacial score (nSPS) is 11.7. The van der Waals surface area contributed by atoms with Crippen molar-refractivity contribution in [1.82, 2.24) is 9.97 Å². The maximum Gasteiger partial charge on any atom is 0.222 e. The molecule has 0 unspecified atom stereocenters. The highest BCUT2D eigenvalue weighted by Crippen LogP contribution is 2.25. The molecule has 6 heteroatoms. The van der Waals surface area contributed by atoms with Crippen LogP contribution in [-0.2, 0) is 0 Å². The molecule has 0 amide bonds. The van der Waals surface area contributed by atoms with Crippen molar-refractivity contribution in [3.8, 4) is 0 Å². The van der Waals surface area contributed by atoms with Gasteiger partial charge in [0.1, 0.15) is 11.6 Å². The molecule has 0 radical (unpaired) electrons. The fraction of sp³-hybridized carbons (Fsp3) is 0.500. The molecule has 0 aliphatic rings. The number of nitrogens with two attached hydrogens (primary N) is 1. The molecule has 1 aromatic heterocycles. The van der Waals surface area contributed by atoms with Gasteiger partial charge in [-0.25, -0.2) is 9.37 Å². The van der Waals surface area contributed by atoms with E-state index in [0.717, 1.165) is 19.3 Å². The molecule has 1 atom stereocenters. The second-order valence-electron chi connectivity index (χ2n) is 4.73. The summed E-state index contributed by atoms with van der Waals surface area (Å²) in [5.74, 6) is 0.00992. The van der Waals surface area contributed by atoms with Gasteiger partial charge in [-0.1, -0.05) is 39.7 Å². The van der Waals surface area contributed by atoms with Crippen LogP contribution < -0.4 is 11.1 Å². The first-order chi connectivity index (χ1) is 10.7. The number of aromatic nitrogens is 2. The maximum absolute atomic E-state index is 14.0. The lowest BCUT2D eigenvalue weighted by Crippen LogP contribution is -2.24. The number of aliphatic hydroxyl groups excluding tert-OH is 1. The van der Waals surface area contributed by atoms with Crippen LogP contribution in [0.5, 0.6) is 0 Å². The molecule has 0 aliphatic heterocycles. The zero-order valence-electron chi connectivity index (χ0n) is 13.4. The summed E-state index contributed by atoms with van der Waals surface area (Å²) in [6, 6.07) is 4.44. The van der Waals surface area contributed by atoms with Gasteiger partial charge in [-0.2, -0.15) is 4.98 Å². The number of fused-ring (bicyclic) bond motifs is 1. The summed E-state index contributed by atoms with van der Waals surface area (Å²) >= 11 is 0. The Morgan fingerprint density at radius 3 is 2.68 bits per heavy atom. The van der Waals surface area contributed by atoms with Crippen LogP contribution in [0, 0.1) is 5.82 Å². The van der Waals surface area contributed by atoms with E-state index in [0.29, 0.717) is 16.7 Å². The van der Waals surface area contributed by atoms with Gasteiger partial charge in [0.25, 0.3) is 0 Å². The fourth-order valence-electron chi connectivity index (χ4n) is 2.12. The number of hydrogen-bond donors (Lipinski definition) is 3. The summed E-state index contributed by atoms with van der Waals surface area (Å²) in [5.41, 5.74) is 6.10. The van der Waals surface area contributed by atoms with Gasteiger partial charge >= 0.3 is 0 Å². The van der Waals surface area contributed by atoms with Crippen molar-refractivity contribution >= 4 is 22.7 Å². The first-order valence-electron chi connectivity index (χ1n) is 7.74. The van der Waals surface area contributed by atoms with Crippen molar-refractivity contribution in [2.45, 2.75) is 46.1 Å². The number of nitrogen functional groups attached to an aromatic ring is 1. The van der Waals surface area contributed by atoms with Crippen molar-refractivity contribution in [1.29, 1.82) is 0 Å². The van der Waals surface area contributed by atoms with E-state index < -0.39 is 5.82 Å². The molecule has 2 aromatic rings. The average molecular weight is 308 g/mol. The number of halogens is 1. The van der Waals surface area contributed by atoms with Crippen molar-refractivity contribution in [2.24, 2.45) is 0 Å². The Kier molecular flexibility index (Phi) is 7.52. The summed E-state index contributed by atoms with van der Waals surface area (Å²) in [5, 5.41) is 12.8. The molecule has 1 aromatic carbocycles. The molecule has 122 valence electrons. The highest BCUT2D eigenvalue weighted by molar-refractivity contribution is 5.90. The highest BCUT2D eigenvalue weighted by atomic mass is 19.1. The minimum Gasteiger partial charge on any atom is -0.394 e. The summed E-state index contributed by atoms with van der Waals surface area (Å²) in [6.45, 7) is 6.03. The minimum atomic E-state index is -0.405. The van der Waals surface area contributed by atoms with Crippen LogP contribution in [0.4, 0.5) is 16.2 Å². The van der Waals surface area contributed by atoms with E-state index in [4.69, 9.17) is 5.73 Å². The second kappa shape index (κ2) is 9.15. The lowest BCUT2D eigenvalue weighted by atomic mass is 10.1. The number of nitrogens with one attached hydrogen (secondary N) is 1. The van der Waals surface area contributed by atoms with Gasteiger partial charge in [-0.05, 0) is 18.6 Å². The Labute approximate surface area is 130 Å². The molecule has 0 bridgehead atoms. The van der Waals surface area contributed by atoms with Crippen molar-refractivity contribution < 1.29 is 9.50 Å². The third-order valence-corrected chi connectivity index (χ3v) is 3.16. The van der Waals surface area contributed by atoms with Gasteiger partial charge in [-0.3, -0.25) is 0 Å². The molecular weight excluding hydrogens is 283 g/mol. The molecule has 1 heterocycles. The van der Waals surface area contributed by atoms with Gasteiger partial charge in [0.2, 0.25) is 5.95 Å². The number of nitrogens with zero attached hydrogens (tertiary/aromatic N) is 2. The van der Waals surface area contributed by atoms with E-state index in [9.17, 15) is 9.50 Å². The topological polar surface area (TPSA) is 84.1 Å². The molecule has 22 heavy (non-hydrogen) atoms. The largest absolute Gasteiger partial charge is 0.394 e. The van der Waals surface area contributed by atoms with E-state index in [1.165, 1.54) is 6.07 Å². The standard InChI is InChI=1S/C14H19FN4O.C2H6/c1-2-3-5-9(8-20)17-13-12-10(15)6-4-7-11(12)18-14(16)19-13;1-2/h4,6-7,9,20H,2-3,5,8H2,1H3,(H3,16,17,18,19);1-2H3/t9-;/m0./s1. The maximum atomic E-state index is 14.0. The number of anilines is 2. The number of unbranched alkanes of at least 4 members (excludes halogenated alkanes) is 1. The van der Waals surface area contributed by atoms with E-state index in [1.807, 2.05) is 13.8 Å². The Balaban J connectivity index is 0.00000116. The number of benzene rings is 1. The summed E-state index contributed by atoms with van der Waals surface area (Å²) in [7, 11) is 0. The Morgan fingerprint density at radius 2 is 2.05 bits per heavy atom. The van der Waals surface area contributed by atoms with Crippen LogP contribution in [0.2, 0.25) is 0 Å². The number of aliphatic hydroxyl groups is 1. The van der Waals surface area contributed by atoms with Gasteiger partial charge in [0.05, 0.1) is 23.6 Å². The molecule has 0 fully saturated rings. The zero-order valence-corrected chi connectivity index (χ0v) is 13.4. The Hall–Kier alpha value is -1.95. The molecule has 4 N–H and O–H groups in total. The van der Waals surface area contributed by atoms with Crippen LogP contribution in [0.15, 0.2) is 18.2 Å². The van der Waals surface area contributed by atoms with Crippen molar-refractivity contribution in [3.63, 3.8) is 0 Å². The fourth-order valence-corrected chi connectivity index (χ4v) is 2.12. The third kappa shape index (κ3) is 4.53. The second-order valence-corrected chi connectivity index (χ2v) is 4.73. The van der Waals surface area contributed by atoms with Crippen LogP contribution in [0.25, 0.3) is 10.9 Å². The highest BCUT2D eigenvalue weighted by Gasteiger charge is 2.14. The Morgan fingerprint density at radius 1 is 1.32 bits per heavy atom. The lowest BCUT2D eigenvalue weighted by molar-refractivity contribution is 0.267. The molecular formula is C16H25FN4O. The molecule has 0 saturated heterocycles. The predicted octanol–water partition coefficient (Wildman–Crippen LogP) is 3.34. The molecule has 0 spiro atoms. The summed E-state index contributed by atoms with van der Waals surface area (Å²) < 4.78 is 14.0. The smallest absolute Gasteiger partial charge is 0.222 e. The Bertz CT molecular complexity index is 592. The van der Waals surface area contributed by atoms with Crippen LogP contribution in [0.3, 0.4) is 0 Å². The lowest BCUT2D eigenvalue weighted by Gasteiger charge is -2.18. The van der Waals surface area contributed by atoms with Gasteiger partial charge in [0.15, 0.2) is 0 Å². The predicted molar refractivity (Wildman–Crippen MR) is 89.3 cm³/mol. The van der Waals surface area contributed by atoms with E-state index in [-0.39, 0.29) is 18.6 Å². The van der Waals surface area contributed by atoms with E-state index in [1.54, 1.807) is 12.1 Å². The van der Waals surface area contributed by atoms with E-state index >= 15 is 0 Å². The van der Waals surface area contributed by atoms with Gasteiger partial charge in [0, 0.05) is 0 Å². The molecule has 0 aliphatic carbocycles. The summed E-state index contributed by atoms with van der Waals surface area (Å²) in [6.07, 6.45) is 2.78. The number of hydrogen-bond acceptors (Lipinski definition) is 5. The minimum absolute atomic E-state index is 0.0418. The quantitative estimate of drug-likeness (QED) is 0.762. The average Bonchev–Trinajstić information content (AvgIpc) is 2.52. The van der Waals surface area contributed by atoms with Crippen LogP contribution >= 0.6 is 0 Å². The monoisotopic (exact) mass is 308 g/mol. The molecule has 0 saturated carbocycles. The first-order valence-corrected chi connectivity index (χ1v) is 7.74. The first kappa shape index (κ1) is 18.1. The number of rotatable bonds is 6. The SMILES string of the molecule is CC.CCCC[C@@H](CO)Nc1nc(N)nc2cccc(F)c12. The third-order valence-electron chi connectivity index (χ3n) is 3.16. The van der Waals surface area contributed by atoms with Crippen molar-refractivity contribution in [2.75, 3.05) is 17.7 Å². The van der Waals surface area contributed by atoms with Crippen LogP contribution in [0.1, 0.15) is 40.0 Å². The van der Waals surface area contributed by atoms with E-state index in [2.05, 4.69) is 22.2 Å². The summed E-state index contributed by atoms with van der Waals surface area (Å²) in [4.78, 5) is 8.08. The molecule has 5 nitrogen and oxygen atoms in total. The van der Waals surface area contributed by atoms with Gasteiger partial charge in [-0.15, -0.1) is 0 Å². The molecule has 2 rings (SSSR count). The van der Waals surface area contributed by atoms with Crippen molar-refractivity contribution in [3.05, 3.63) is 24.0 Å². The zero-order chi connectivity index (χ0) is 16.5. The van der Waals surface area contributed by atoms with Gasteiger partial charge < -0.3 is 16.2 Å².